The molecule has 0 spiro atoms. The van der Waals surface area contributed by atoms with Gasteiger partial charge in [-0.3, -0.25) is 4.79 Å². The maximum atomic E-state index is 12.1. The monoisotopic (exact) mass is 379 g/mol. The van der Waals surface area contributed by atoms with Crippen molar-refractivity contribution in [3.8, 4) is 11.5 Å². The van der Waals surface area contributed by atoms with Gasteiger partial charge in [-0.15, -0.1) is 0 Å². The van der Waals surface area contributed by atoms with Gasteiger partial charge in [-0.25, -0.2) is 4.98 Å². The fourth-order valence-electron chi connectivity index (χ4n) is 2.81. The Balaban J connectivity index is 1.60. The van der Waals surface area contributed by atoms with Gasteiger partial charge in [0.05, 0.1) is 26.0 Å². The maximum absolute atomic E-state index is 12.1. The van der Waals surface area contributed by atoms with Crippen LogP contribution in [0.2, 0.25) is 0 Å². The molecule has 28 heavy (non-hydrogen) atoms. The van der Waals surface area contributed by atoms with Gasteiger partial charge in [0.1, 0.15) is 5.65 Å². The number of nitrogens with zero attached hydrogens (tertiary/aromatic N) is 2. The number of rotatable bonds is 8. The number of aryl methyl sites for hydroxylation is 1. The predicted molar refractivity (Wildman–Crippen MR) is 110 cm³/mol. The van der Waals surface area contributed by atoms with Crippen molar-refractivity contribution < 1.29 is 14.3 Å². The Morgan fingerprint density at radius 2 is 2.11 bits per heavy atom. The molecule has 0 aliphatic heterocycles. The van der Waals surface area contributed by atoms with Crippen molar-refractivity contribution in [1.82, 2.24) is 14.7 Å². The van der Waals surface area contributed by atoms with Gasteiger partial charge in [0.2, 0.25) is 5.91 Å². The number of hydrogen-bond donors (Lipinski definition) is 1. The number of carbonyl (C=O) groups is 1. The van der Waals surface area contributed by atoms with Crippen molar-refractivity contribution >= 4 is 17.6 Å². The van der Waals surface area contributed by atoms with Crippen LogP contribution in [0.15, 0.2) is 48.7 Å². The molecule has 1 N–H and O–H groups in total. The summed E-state index contributed by atoms with van der Waals surface area (Å²) >= 11 is 0. The van der Waals surface area contributed by atoms with Gasteiger partial charge >= 0.3 is 0 Å². The van der Waals surface area contributed by atoms with Gasteiger partial charge in [-0.05, 0) is 49.2 Å². The largest absolute Gasteiger partial charge is 0.493 e. The van der Waals surface area contributed by atoms with Gasteiger partial charge in [-0.2, -0.15) is 0 Å². The number of amides is 1. The molecule has 0 aliphatic rings. The molecule has 0 bridgehead atoms. The molecular formula is C22H25N3O3. The molecule has 0 saturated heterocycles. The first-order valence-corrected chi connectivity index (χ1v) is 9.31. The minimum absolute atomic E-state index is 0.181. The zero-order valence-electron chi connectivity index (χ0n) is 16.4. The zero-order chi connectivity index (χ0) is 19.9. The van der Waals surface area contributed by atoms with Crippen molar-refractivity contribution in [3.05, 3.63) is 65.6 Å². The normalized spacial score (nSPS) is 11.1. The van der Waals surface area contributed by atoms with E-state index in [4.69, 9.17) is 9.47 Å². The molecule has 0 unspecified atom stereocenters. The number of carbonyl (C=O) groups excluding carboxylic acids is 1. The molecule has 2 heterocycles. The third kappa shape index (κ3) is 4.71. The number of pyridine rings is 1. The van der Waals surface area contributed by atoms with Crippen LogP contribution in [0.4, 0.5) is 0 Å². The van der Waals surface area contributed by atoms with Crippen molar-refractivity contribution in [3.63, 3.8) is 0 Å². The van der Waals surface area contributed by atoms with E-state index >= 15 is 0 Å². The number of hydrogen-bond acceptors (Lipinski definition) is 4. The lowest BCUT2D eigenvalue weighted by Crippen LogP contribution is -2.20. The molecular weight excluding hydrogens is 354 g/mol. The topological polar surface area (TPSA) is 64.9 Å². The van der Waals surface area contributed by atoms with Crippen molar-refractivity contribution in [2.45, 2.75) is 26.8 Å². The van der Waals surface area contributed by atoms with Gasteiger partial charge in [0.15, 0.2) is 11.5 Å². The van der Waals surface area contributed by atoms with Crippen LogP contribution in [0.25, 0.3) is 11.7 Å². The number of methoxy groups -OCH3 is 1. The fourth-order valence-corrected chi connectivity index (χ4v) is 2.81. The van der Waals surface area contributed by atoms with Crippen LogP contribution in [0, 0.1) is 6.92 Å². The summed E-state index contributed by atoms with van der Waals surface area (Å²) in [6.45, 7) is 5.08. The molecule has 3 rings (SSSR count). The van der Waals surface area contributed by atoms with E-state index in [2.05, 4.69) is 17.2 Å². The summed E-state index contributed by atoms with van der Waals surface area (Å²) < 4.78 is 13.0. The lowest BCUT2D eigenvalue weighted by Gasteiger charge is -2.10. The first kappa shape index (κ1) is 19.5. The molecule has 6 nitrogen and oxygen atoms in total. The van der Waals surface area contributed by atoms with Gasteiger partial charge < -0.3 is 19.2 Å². The standard InChI is InChI=1S/C22H25N3O3/c1-4-12-28-19-10-8-17(13-20(19)27-3)9-11-22(26)23-14-18-15-25-16(2)6-5-7-21(25)24-18/h5-11,13,15H,4,12,14H2,1-3H3,(H,23,26)/b11-9+. The Labute approximate surface area is 164 Å². The Morgan fingerprint density at radius 3 is 2.86 bits per heavy atom. The highest BCUT2D eigenvalue weighted by Crippen LogP contribution is 2.28. The first-order valence-electron chi connectivity index (χ1n) is 9.31. The molecule has 6 heteroatoms. The minimum atomic E-state index is -0.181. The highest BCUT2D eigenvalue weighted by molar-refractivity contribution is 5.91. The first-order chi connectivity index (χ1) is 13.6. The second-order valence-corrected chi connectivity index (χ2v) is 6.44. The average molecular weight is 379 g/mol. The lowest BCUT2D eigenvalue weighted by molar-refractivity contribution is -0.116. The van der Waals surface area contributed by atoms with E-state index in [1.165, 1.54) is 6.08 Å². The second kappa shape index (κ2) is 9.08. The van der Waals surface area contributed by atoms with Crippen LogP contribution >= 0.6 is 0 Å². The van der Waals surface area contributed by atoms with Crippen LogP contribution < -0.4 is 14.8 Å². The van der Waals surface area contributed by atoms with E-state index in [0.29, 0.717) is 24.7 Å². The molecule has 0 radical (unpaired) electrons. The molecule has 1 aromatic carbocycles. The molecule has 0 aliphatic carbocycles. The Hall–Kier alpha value is -3.28. The number of imidazole rings is 1. The highest BCUT2D eigenvalue weighted by Gasteiger charge is 2.06. The molecule has 0 atom stereocenters. The van der Waals surface area contributed by atoms with E-state index in [-0.39, 0.29) is 5.91 Å². The summed E-state index contributed by atoms with van der Waals surface area (Å²) in [5.74, 6) is 1.17. The van der Waals surface area contributed by atoms with Crippen LogP contribution in [0.1, 0.15) is 30.3 Å². The summed E-state index contributed by atoms with van der Waals surface area (Å²) in [5.41, 5.74) is 3.65. The highest BCUT2D eigenvalue weighted by atomic mass is 16.5. The second-order valence-electron chi connectivity index (χ2n) is 6.44. The number of aromatic nitrogens is 2. The Morgan fingerprint density at radius 1 is 1.25 bits per heavy atom. The van der Waals surface area contributed by atoms with E-state index in [1.807, 2.05) is 53.9 Å². The summed E-state index contributed by atoms with van der Waals surface area (Å²) in [6.07, 6.45) is 6.11. The van der Waals surface area contributed by atoms with Crippen LogP contribution in [-0.4, -0.2) is 29.0 Å². The number of nitrogens with one attached hydrogen (secondary N) is 1. The van der Waals surface area contributed by atoms with E-state index in [1.54, 1.807) is 13.2 Å². The van der Waals surface area contributed by atoms with E-state index in [9.17, 15) is 4.79 Å². The molecule has 1 amide bonds. The van der Waals surface area contributed by atoms with Gasteiger partial charge in [0.25, 0.3) is 0 Å². The average Bonchev–Trinajstić information content (AvgIpc) is 3.14. The lowest BCUT2D eigenvalue weighted by atomic mass is 10.2. The Bertz CT molecular complexity index is 992. The van der Waals surface area contributed by atoms with E-state index < -0.39 is 0 Å². The number of ether oxygens (including phenoxy) is 2. The van der Waals surface area contributed by atoms with E-state index in [0.717, 1.165) is 29.0 Å². The molecule has 146 valence electrons. The smallest absolute Gasteiger partial charge is 0.244 e. The van der Waals surface area contributed by atoms with Crippen LogP contribution in [0.3, 0.4) is 0 Å². The van der Waals surface area contributed by atoms with Crippen molar-refractivity contribution in [1.29, 1.82) is 0 Å². The maximum Gasteiger partial charge on any atom is 0.244 e. The van der Waals surface area contributed by atoms with Crippen molar-refractivity contribution in [2.75, 3.05) is 13.7 Å². The third-order valence-corrected chi connectivity index (χ3v) is 4.27. The molecule has 0 saturated carbocycles. The number of benzene rings is 1. The minimum Gasteiger partial charge on any atom is -0.493 e. The SMILES string of the molecule is CCCOc1ccc(/C=C/C(=O)NCc2cn3c(C)cccc3n2)cc1OC. The molecule has 2 aromatic heterocycles. The summed E-state index contributed by atoms with van der Waals surface area (Å²) in [5, 5.41) is 2.86. The summed E-state index contributed by atoms with van der Waals surface area (Å²) in [7, 11) is 1.60. The van der Waals surface area contributed by atoms with Crippen molar-refractivity contribution in [2.24, 2.45) is 0 Å². The Kier molecular flexibility index (Phi) is 6.32. The zero-order valence-corrected chi connectivity index (χ0v) is 16.4. The summed E-state index contributed by atoms with van der Waals surface area (Å²) in [6, 6.07) is 11.5. The van der Waals surface area contributed by atoms with Gasteiger partial charge in [0, 0.05) is 18.0 Å². The quantitative estimate of drug-likeness (QED) is 0.605. The number of fused-ring (bicyclic) bond motifs is 1. The third-order valence-electron chi connectivity index (χ3n) is 4.27. The predicted octanol–water partition coefficient (Wildman–Crippen LogP) is 3.77. The fraction of sp³-hybridized carbons (Fsp3) is 0.273. The molecule has 3 aromatic rings. The van der Waals surface area contributed by atoms with Crippen LogP contribution in [-0.2, 0) is 11.3 Å². The summed E-state index contributed by atoms with van der Waals surface area (Å²) in [4.78, 5) is 16.7. The molecule has 0 fully saturated rings. The van der Waals surface area contributed by atoms with Gasteiger partial charge in [-0.1, -0.05) is 19.1 Å². The van der Waals surface area contributed by atoms with Crippen LogP contribution in [0.5, 0.6) is 11.5 Å².